The SMILES string of the molecule is CCN(Cc1nn(-c2ccc(OC)cc2)c2c1CN(Cc1ccccc1)CC2)C(=O)C1CC1. The zero-order valence-electron chi connectivity index (χ0n) is 19.5. The third-order valence-electron chi connectivity index (χ3n) is 6.75. The number of amides is 1. The Labute approximate surface area is 195 Å². The zero-order valence-corrected chi connectivity index (χ0v) is 19.5. The van der Waals surface area contributed by atoms with Crippen LogP contribution in [0, 0.1) is 5.92 Å². The molecule has 0 saturated heterocycles. The van der Waals surface area contributed by atoms with Crippen molar-refractivity contribution >= 4 is 5.91 Å². The molecule has 2 heterocycles. The van der Waals surface area contributed by atoms with E-state index in [1.807, 2.05) is 17.0 Å². The second kappa shape index (κ2) is 9.40. The molecule has 172 valence electrons. The van der Waals surface area contributed by atoms with Crippen LogP contribution in [-0.4, -0.2) is 45.7 Å². The number of hydrogen-bond donors (Lipinski definition) is 0. The summed E-state index contributed by atoms with van der Waals surface area (Å²) in [6.07, 6.45) is 2.99. The molecule has 1 fully saturated rings. The van der Waals surface area contributed by atoms with Crippen LogP contribution in [0.5, 0.6) is 5.75 Å². The van der Waals surface area contributed by atoms with Crippen molar-refractivity contribution < 1.29 is 9.53 Å². The number of benzene rings is 2. The van der Waals surface area contributed by atoms with Gasteiger partial charge in [-0.05, 0) is 49.6 Å². The Morgan fingerprint density at radius 2 is 1.88 bits per heavy atom. The molecule has 33 heavy (non-hydrogen) atoms. The maximum atomic E-state index is 12.8. The Hall–Kier alpha value is -3.12. The van der Waals surface area contributed by atoms with Gasteiger partial charge in [-0.25, -0.2) is 4.68 Å². The van der Waals surface area contributed by atoms with E-state index >= 15 is 0 Å². The van der Waals surface area contributed by atoms with Crippen LogP contribution < -0.4 is 4.74 Å². The predicted molar refractivity (Wildman–Crippen MR) is 128 cm³/mol. The minimum atomic E-state index is 0.221. The molecule has 2 aliphatic rings. The first-order chi connectivity index (χ1) is 16.2. The highest BCUT2D eigenvalue weighted by Crippen LogP contribution is 2.33. The van der Waals surface area contributed by atoms with Gasteiger partial charge in [0.25, 0.3) is 0 Å². The van der Waals surface area contributed by atoms with Gasteiger partial charge in [0.2, 0.25) is 5.91 Å². The average molecular weight is 445 g/mol. The Bertz CT molecular complexity index is 1100. The molecule has 6 nitrogen and oxygen atoms in total. The summed E-state index contributed by atoms with van der Waals surface area (Å²) in [5.41, 5.74) is 5.91. The maximum Gasteiger partial charge on any atom is 0.226 e. The summed E-state index contributed by atoms with van der Waals surface area (Å²) in [6.45, 7) is 6.12. The van der Waals surface area contributed by atoms with Crippen LogP contribution >= 0.6 is 0 Å². The van der Waals surface area contributed by atoms with E-state index in [9.17, 15) is 4.79 Å². The lowest BCUT2D eigenvalue weighted by molar-refractivity contribution is -0.133. The van der Waals surface area contributed by atoms with E-state index in [2.05, 4.69) is 59.0 Å². The van der Waals surface area contributed by atoms with Crippen molar-refractivity contribution in [1.29, 1.82) is 0 Å². The second-order valence-electron chi connectivity index (χ2n) is 9.05. The van der Waals surface area contributed by atoms with E-state index < -0.39 is 0 Å². The largest absolute Gasteiger partial charge is 0.497 e. The number of nitrogens with zero attached hydrogens (tertiary/aromatic N) is 4. The number of rotatable bonds is 8. The molecule has 1 amide bonds. The molecule has 6 heteroatoms. The lowest BCUT2D eigenvalue weighted by atomic mass is 10.0. The number of carbonyl (C=O) groups is 1. The first kappa shape index (κ1) is 21.7. The summed E-state index contributed by atoms with van der Waals surface area (Å²) in [7, 11) is 1.68. The van der Waals surface area contributed by atoms with Crippen molar-refractivity contribution in [2.24, 2.45) is 5.92 Å². The van der Waals surface area contributed by atoms with Gasteiger partial charge in [0.05, 0.1) is 30.7 Å². The summed E-state index contributed by atoms with van der Waals surface area (Å²) in [4.78, 5) is 17.3. The number of hydrogen-bond acceptors (Lipinski definition) is 4. The van der Waals surface area contributed by atoms with Crippen molar-refractivity contribution in [2.75, 3.05) is 20.2 Å². The molecule has 1 aromatic heterocycles. The molecule has 3 aromatic rings. The lowest BCUT2D eigenvalue weighted by Gasteiger charge is -2.28. The quantitative estimate of drug-likeness (QED) is 0.523. The van der Waals surface area contributed by atoms with Crippen LogP contribution in [0.4, 0.5) is 0 Å². The van der Waals surface area contributed by atoms with E-state index in [4.69, 9.17) is 9.84 Å². The fraction of sp³-hybridized carbons (Fsp3) is 0.407. The van der Waals surface area contributed by atoms with E-state index in [-0.39, 0.29) is 11.8 Å². The molecule has 0 radical (unpaired) electrons. The molecule has 1 saturated carbocycles. The molecule has 5 rings (SSSR count). The summed E-state index contributed by atoms with van der Waals surface area (Å²) in [6, 6.07) is 18.7. The fourth-order valence-corrected chi connectivity index (χ4v) is 4.70. The number of fused-ring (bicyclic) bond motifs is 1. The molecule has 2 aromatic carbocycles. The van der Waals surface area contributed by atoms with Gasteiger partial charge in [-0.2, -0.15) is 5.10 Å². The number of carbonyl (C=O) groups excluding carboxylic acids is 1. The van der Waals surface area contributed by atoms with Crippen LogP contribution in [-0.2, 0) is 30.8 Å². The molecule has 1 aliphatic carbocycles. The van der Waals surface area contributed by atoms with Crippen LogP contribution in [0.3, 0.4) is 0 Å². The van der Waals surface area contributed by atoms with E-state index in [1.165, 1.54) is 16.8 Å². The van der Waals surface area contributed by atoms with Gasteiger partial charge < -0.3 is 9.64 Å². The second-order valence-corrected chi connectivity index (χ2v) is 9.05. The molecule has 0 bridgehead atoms. The third-order valence-corrected chi connectivity index (χ3v) is 6.75. The Morgan fingerprint density at radius 1 is 1.12 bits per heavy atom. The predicted octanol–water partition coefficient (Wildman–Crippen LogP) is 4.20. The normalized spacial score (nSPS) is 15.8. The summed E-state index contributed by atoms with van der Waals surface area (Å²) < 4.78 is 7.42. The van der Waals surface area contributed by atoms with Gasteiger partial charge in [-0.3, -0.25) is 9.69 Å². The molecule has 0 spiro atoms. The molecule has 0 atom stereocenters. The van der Waals surface area contributed by atoms with Gasteiger partial charge >= 0.3 is 0 Å². The highest BCUT2D eigenvalue weighted by atomic mass is 16.5. The van der Waals surface area contributed by atoms with E-state index in [1.54, 1.807) is 7.11 Å². The fourth-order valence-electron chi connectivity index (χ4n) is 4.70. The first-order valence-corrected chi connectivity index (χ1v) is 12.0. The lowest BCUT2D eigenvalue weighted by Crippen LogP contribution is -2.33. The third kappa shape index (κ3) is 4.67. The van der Waals surface area contributed by atoms with Crippen LogP contribution in [0.25, 0.3) is 5.69 Å². The van der Waals surface area contributed by atoms with E-state index in [0.29, 0.717) is 13.1 Å². The maximum absolute atomic E-state index is 12.8. The summed E-state index contributed by atoms with van der Waals surface area (Å²) in [5, 5.41) is 5.06. The zero-order chi connectivity index (χ0) is 22.8. The van der Waals surface area contributed by atoms with Crippen molar-refractivity contribution in [3.05, 3.63) is 77.1 Å². The van der Waals surface area contributed by atoms with Gasteiger partial charge in [-0.15, -0.1) is 0 Å². The number of methoxy groups -OCH3 is 1. The van der Waals surface area contributed by atoms with Crippen molar-refractivity contribution in [3.8, 4) is 11.4 Å². The Morgan fingerprint density at radius 3 is 2.55 bits per heavy atom. The van der Waals surface area contributed by atoms with Crippen molar-refractivity contribution in [2.45, 2.75) is 45.8 Å². The van der Waals surface area contributed by atoms with Crippen molar-refractivity contribution in [1.82, 2.24) is 19.6 Å². The molecular weight excluding hydrogens is 412 g/mol. The van der Waals surface area contributed by atoms with Crippen LogP contribution in [0.1, 0.15) is 42.3 Å². The van der Waals surface area contributed by atoms with Crippen molar-refractivity contribution in [3.63, 3.8) is 0 Å². The minimum absolute atomic E-state index is 0.221. The van der Waals surface area contributed by atoms with Gasteiger partial charge in [0.15, 0.2) is 0 Å². The average Bonchev–Trinajstić information content (AvgIpc) is 3.65. The van der Waals surface area contributed by atoms with Gasteiger partial charge in [-0.1, -0.05) is 30.3 Å². The van der Waals surface area contributed by atoms with Crippen LogP contribution in [0.2, 0.25) is 0 Å². The Balaban J connectivity index is 1.46. The highest BCUT2D eigenvalue weighted by molar-refractivity contribution is 5.81. The topological polar surface area (TPSA) is 50.6 Å². The van der Waals surface area contributed by atoms with Gasteiger partial charge in [0.1, 0.15) is 5.75 Å². The minimum Gasteiger partial charge on any atom is -0.497 e. The summed E-state index contributed by atoms with van der Waals surface area (Å²) >= 11 is 0. The molecule has 0 N–H and O–H groups in total. The standard InChI is InChI=1S/C27H32N4O2/c1-3-30(27(32)21-9-10-21)19-25-24-18-29(17-20-7-5-4-6-8-20)16-15-26(24)31(28-25)22-11-13-23(33-2)14-12-22/h4-8,11-14,21H,3,9-10,15-19H2,1-2H3. The number of ether oxygens (including phenoxy) is 1. The van der Waals surface area contributed by atoms with Gasteiger partial charge in [0, 0.05) is 44.1 Å². The molecular formula is C27H32N4O2. The van der Waals surface area contributed by atoms with E-state index in [0.717, 1.165) is 56.0 Å². The molecule has 1 aliphatic heterocycles. The smallest absolute Gasteiger partial charge is 0.226 e. The monoisotopic (exact) mass is 444 g/mol. The van der Waals surface area contributed by atoms with Crippen LogP contribution in [0.15, 0.2) is 54.6 Å². The highest BCUT2D eigenvalue weighted by Gasteiger charge is 2.34. The Kier molecular flexibility index (Phi) is 6.18. The number of aromatic nitrogens is 2. The first-order valence-electron chi connectivity index (χ1n) is 12.0. The molecule has 0 unspecified atom stereocenters. The summed E-state index contributed by atoms with van der Waals surface area (Å²) in [5.74, 6) is 1.34.